The number of fused-ring (bicyclic) bond motifs is 1. The molecule has 1 aromatic carbocycles. The van der Waals surface area contributed by atoms with Crippen molar-refractivity contribution in [1.82, 2.24) is 9.62 Å². The third-order valence-corrected chi connectivity index (χ3v) is 7.29. The third kappa shape index (κ3) is 2.70. The highest BCUT2D eigenvalue weighted by atomic mass is 35.5. The van der Waals surface area contributed by atoms with Gasteiger partial charge in [-0.1, -0.05) is 23.7 Å². The van der Waals surface area contributed by atoms with Gasteiger partial charge in [0.15, 0.2) is 0 Å². The summed E-state index contributed by atoms with van der Waals surface area (Å²) in [6.45, 7) is 2.78. The average molecular weight is 357 g/mol. The van der Waals surface area contributed by atoms with E-state index in [2.05, 4.69) is 9.62 Å². The van der Waals surface area contributed by atoms with Crippen molar-refractivity contribution in [1.29, 1.82) is 0 Å². The molecule has 1 aliphatic carbocycles. The summed E-state index contributed by atoms with van der Waals surface area (Å²) in [6, 6.07) is 6.66. The number of halogens is 1. The van der Waals surface area contributed by atoms with Crippen LogP contribution in [0.15, 0.2) is 29.2 Å². The van der Waals surface area contributed by atoms with E-state index >= 15 is 0 Å². The molecular weight excluding hydrogens is 336 g/mol. The standard InChI is InChI=1S/C16H21ClN2O3S/c17-12-5-1-2-6-13(12)23(20,21)18-14-11-7-10-22-16(11)15(14)19-8-3-4-9-19/h1-2,5-6,11,14-16,18H,3-4,7-10H2/t11-,14+,15-,16-/m1/s1. The van der Waals surface area contributed by atoms with Gasteiger partial charge in [0.25, 0.3) is 0 Å². The van der Waals surface area contributed by atoms with Gasteiger partial charge in [-0.05, 0) is 44.5 Å². The number of nitrogens with one attached hydrogen (secondary N) is 1. The zero-order valence-corrected chi connectivity index (χ0v) is 14.4. The lowest BCUT2D eigenvalue weighted by Crippen LogP contribution is -2.70. The van der Waals surface area contributed by atoms with E-state index < -0.39 is 10.0 Å². The maximum absolute atomic E-state index is 12.8. The van der Waals surface area contributed by atoms with E-state index in [4.69, 9.17) is 16.3 Å². The largest absolute Gasteiger partial charge is 0.376 e. The van der Waals surface area contributed by atoms with Gasteiger partial charge in [-0.15, -0.1) is 0 Å². The molecule has 0 aromatic heterocycles. The van der Waals surface area contributed by atoms with Crippen molar-refractivity contribution in [3.8, 4) is 0 Å². The average Bonchev–Trinajstić information content (AvgIpc) is 3.16. The van der Waals surface area contributed by atoms with Crippen LogP contribution in [0, 0.1) is 5.92 Å². The Morgan fingerprint density at radius 1 is 1.22 bits per heavy atom. The van der Waals surface area contributed by atoms with Crippen LogP contribution in [-0.2, 0) is 14.8 Å². The first kappa shape index (κ1) is 15.8. The van der Waals surface area contributed by atoms with Crippen LogP contribution in [0.1, 0.15) is 19.3 Å². The molecule has 23 heavy (non-hydrogen) atoms. The van der Waals surface area contributed by atoms with Gasteiger partial charge in [-0.25, -0.2) is 13.1 Å². The molecule has 0 bridgehead atoms. The molecule has 5 nitrogen and oxygen atoms in total. The minimum absolute atomic E-state index is 0.0816. The number of nitrogens with zero attached hydrogens (tertiary/aromatic N) is 1. The molecule has 3 fully saturated rings. The molecule has 2 saturated heterocycles. The Bertz CT molecular complexity index is 686. The number of hydrogen-bond donors (Lipinski definition) is 1. The number of hydrogen-bond acceptors (Lipinski definition) is 4. The van der Waals surface area contributed by atoms with Gasteiger partial charge >= 0.3 is 0 Å². The van der Waals surface area contributed by atoms with Gasteiger partial charge in [0, 0.05) is 18.6 Å². The van der Waals surface area contributed by atoms with E-state index in [0.717, 1.165) is 26.1 Å². The van der Waals surface area contributed by atoms with E-state index in [0.29, 0.717) is 0 Å². The molecule has 0 radical (unpaired) electrons. The molecule has 1 N–H and O–H groups in total. The van der Waals surface area contributed by atoms with E-state index in [-0.39, 0.29) is 34.0 Å². The first-order chi connectivity index (χ1) is 11.1. The molecule has 2 aliphatic heterocycles. The SMILES string of the molecule is O=S(=O)(N[C@H]1[C@H]2CCO[C@H]2[C@@H]1N1CCCC1)c1ccccc1Cl. The predicted octanol–water partition coefficient (Wildman–Crippen LogP) is 1.87. The Hall–Kier alpha value is -0.660. The Morgan fingerprint density at radius 2 is 1.96 bits per heavy atom. The van der Waals surface area contributed by atoms with Crippen molar-refractivity contribution in [3.05, 3.63) is 29.3 Å². The molecule has 1 aromatic rings. The van der Waals surface area contributed by atoms with Crippen molar-refractivity contribution >= 4 is 21.6 Å². The van der Waals surface area contributed by atoms with Crippen LogP contribution in [0.5, 0.6) is 0 Å². The summed E-state index contributed by atoms with van der Waals surface area (Å²) in [5.74, 6) is 0.276. The first-order valence-corrected chi connectivity index (χ1v) is 10.1. The monoisotopic (exact) mass is 356 g/mol. The normalized spacial score (nSPS) is 34.3. The Labute approximate surface area is 142 Å². The molecule has 7 heteroatoms. The third-order valence-electron chi connectivity index (χ3n) is 5.33. The van der Waals surface area contributed by atoms with Crippen LogP contribution in [0.4, 0.5) is 0 Å². The molecule has 2 heterocycles. The maximum Gasteiger partial charge on any atom is 0.242 e. The van der Waals surface area contributed by atoms with Crippen LogP contribution >= 0.6 is 11.6 Å². The lowest BCUT2D eigenvalue weighted by Gasteiger charge is -2.51. The second-order valence-corrected chi connectivity index (χ2v) is 8.69. The number of rotatable bonds is 4. The zero-order valence-electron chi connectivity index (χ0n) is 12.8. The molecule has 126 valence electrons. The predicted molar refractivity (Wildman–Crippen MR) is 88.0 cm³/mol. The number of sulfonamides is 1. The van der Waals surface area contributed by atoms with Gasteiger partial charge in [0.05, 0.1) is 17.2 Å². The summed E-state index contributed by atoms with van der Waals surface area (Å²) in [6.07, 6.45) is 3.45. The molecule has 0 amide bonds. The van der Waals surface area contributed by atoms with Gasteiger partial charge in [0.1, 0.15) is 4.90 Å². The molecule has 4 atom stereocenters. The molecule has 4 rings (SSSR count). The summed E-state index contributed by atoms with van der Waals surface area (Å²) < 4.78 is 34.3. The first-order valence-electron chi connectivity index (χ1n) is 8.20. The minimum atomic E-state index is -3.62. The number of benzene rings is 1. The van der Waals surface area contributed by atoms with Gasteiger partial charge in [-0.3, -0.25) is 4.90 Å². The highest BCUT2D eigenvalue weighted by Crippen LogP contribution is 2.43. The smallest absolute Gasteiger partial charge is 0.242 e. The van der Waals surface area contributed by atoms with Crippen LogP contribution in [0.2, 0.25) is 5.02 Å². The van der Waals surface area contributed by atoms with Crippen molar-refractivity contribution in [2.24, 2.45) is 5.92 Å². The lowest BCUT2D eigenvalue weighted by atomic mass is 9.71. The quantitative estimate of drug-likeness (QED) is 0.894. The summed E-state index contributed by atoms with van der Waals surface area (Å²) >= 11 is 6.07. The molecule has 1 saturated carbocycles. The highest BCUT2D eigenvalue weighted by molar-refractivity contribution is 7.89. The summed E-state index contributed by atoms with van der Waals surface area (Å²) in [7, 11) is -3.62. The Kier molecular flexibility index (Phi) is 4.14. The molecular formula is C16H21ClN2O3S. The van der Waals surface area contributed by atoms with Crippen molar-refractivity contribution in [2.45, 2.75) is 42.3 Å². The minimum Gasteiger partial charge on any atom is -0.376 e. The summed E-state index contributed by atoms with van der Waals surface area (Å²) in [4.78, 5) is 2.54. The topological polar surface area (TPSA) is 58.6 Å². The van der Waals surface area contributed by atoms with Crippen LogP contribution in [0.25, 0.3) is 0 Å². The van der Waals surface area contributed by atoms with Crippen LogP contribution in [0.3, 0.4) is 0 Å². The van der Waals surface area contributed by atoms with Crippen LogP contribution < -0.4 is 4.72 Å². The fourth-order valence-corrected chi connectivity index (χ4v) is 6.04. The second kappa shape index (κ2) is 6.01. The van der Waals surface area contributed by atoms with Gasteiger partial charge in [-0.2, -0.15) is 0 Å². The van der Waals surface area contributed by atoms with Crippen molar-refractivity contribution in [2.75, 3.05) is 19.7 Å². The lowest BCUT2D eigenvalue weighted by molar-refractivity contribution is -0.0712. The van der Waals surface area contributed by atoms with E-state index in [1.807, 2.05) is 0 Å². The van der Waals surface area contributed by atoms with E-state index in [1.165, 1.54) is 12.8 Å². The maximum atomic E-state index is 12.8. The van der Waals surface area contributed by atoms with Gasteiger partial charge in [0.2, 0.25) is 10.0 Å². The second-order valence-electron chi connectivity index (χ2n) is 6.60. The number of likely N-dealkylation sites (tertiary alicyclic amines) is 1. The van der Waals surface area contributed by atoms with Gasteiger partial charge < -0.3 is 4.74 Å². The molecule has 0 spiro atoms. The van der Waals surface area contributed by atoms with Crippen LogP contribution in [-0.4, -0.2) is 51.2 Å². The fourth-order valence-electron chi connectivity index (χ4n) is 4.21. The molecule has 0 unspecified atom stereocenters. The summed E-state index contributed by atoms with van der Waals surface area (Å²) in [5.41, 5.74) is 0. The van der Waals surface area contributed by atoms with Crippen molar-refractivity contribution < 1.29 is 13.2 Å². The highest BCUT2D eigenvalue weighted by Gasteiger charge is 2.57. The zero-order chi connectivity index (χ0) is 16.0. The Morgan fingerprint density at radius 3 is 2.70 bits per heavy atom. The van der Waals surface area contributed by atoms with E-state index in [1.54, 1.807) is 24.3 Å². The Balaban J connectivity index is 1.58. The summed E-state index contributed by atoms with van der Waals surface area (Å²) in [5, 5.41) is 0.260. The number of ether oxygens (including phenoxy) is 1. The fraction of sp³-hybridized carbons (Fsp3) is 0.625. The molecule has 3 aliphatic rings. The van der Waals surface area contributed by atoms with E-state index in [9.17, 15) is 8.42 Å². The van der Waals surface area contributed by atoms with Crippen molar-refractivity contribution in [3.63, 3.8) is 0 Å².